The van der Waals surface area contributed by atoms with Crippen LogP contribution >= 0.6 is 0 Å². The van der Waals surface area contributed by atoms with Gasteiger partial charge in [-0.15, -0.1) is 0 Å². The Morgan fingerprint density at radius 2 is 1.74 bits per heavy atom. The first-order valence-electron chi connectivity index (χ1n) is 10.6. The van der Waals surface area contributed by atoms with Gasteiger partial charge in [-0.3, -0.25) is 9.69 Å². The van der Waals surface area contributed by atoms with Gasteiger partial charge in [-0.2, -0.15) is 0 Å². The summed E-state index contributed by atoms with van der Waals surface area (Å²) in [4.78, 5) is 27.2. The molecule has 2 atom stereocenters. The summed E-state index contributed by atoms with van der Waals surface area (Å²) in [6, 6.07) is -0.111. The van der Waals surface area contributed by atoms with Gasteiger partial charge < -0.3 is 9.47 Å². The van der Waals surface area contributed by atoms with Crippen LogP contribution in [-0.4, -0.2) is 40.2 Å². The van der Waals surface area contributed by atoms with Crippen LogP contribution < -0.4 is 0 Å². The van der Waals surface area contributed by atoms with Gasteiger partial charge in [0.1, 0.15) is 17.1 Å². The van der Waals surface area contributed by atoms with Crippen LogP contribution in [0, 0.1) is 11.8 Å². The number of hydrogen-bond donors (Lipinski definition) is 0. The summed E-state index contributed by atoms with van der Waals surface area (Å²) in [6.07, 6.45) is 6.85. The third kappa shape index (κ3) is 5.94. The number of ether oxygens (including phenoxy) is 2. The van der Waals surface area contributed by atoms with Crippen LogP contribution in [0.1, 0.15) is 93.4 Å². The van der Waals surface area contributed by atoms with Crippen molar-refractivity contribution in [3.63, 3.8) is 0 Å². The van der Waals surface area contributed by atoms with Gasteiger partial charge in [0.15, 0.2) is 0 Å². The van der Waals surface area contributed by atoms with Gasteiger partial charge in [-0.05, 0) is 47.0 Å². The second-order valence-electron chi connectivity index (χ2n) is 10.1. The van der Waals surface area contributed by atoms with E-state index < -0.39 is 11.3 Å². The molecule has 0 aromatic carbocycles. The van der Waals surface area contributed by atoms with Gasteiger partial charge in [0, 0.05) is 12.3 Å². The van der Waals surface area contributed by atoms with E-state index in [1.54, 1.807) is 4.90 Å². The van der Waals surface area contributed by atoms with Crippen LogP contribution in [0.4, 0.5) is 4.79 Å². The molecule has 1 heterocycles. The zero-order chi connectivity index (χ0) is 20.4. The Balaban J connectivity index is 2.25. The largest absolute Gasteiger partial charge is 0.444 e. The lowest BCUT2D eigenvalue weighted by molar-refractivity contribution is -0.126. The molecular formula is C22H39NO4. The zero-order valence-electron chi connectivity index (χ0n) is 18.3. The highest BCUT2D eigenvalue weighted by Gasteiger charge is 2.52. The molecule has 1 saturated carbocycles. The Hall–Kier alpha value is -1.10. The van der Waals surface area contributed by atoms with Gasteiger partial charge in [-0.1, -0.05) is 46.0 Å². The molecule has 0 bridgehead atoms. The molecule has 0 unspecified atom stereocenters. The molecule has 0 radical (unpaired) electrons. The van der Waals surface area contributed by atoms with Crippen molar-refractivity contribution in [3.05, 3.63) is 0 Å². The highest BCUT2D eigenvalue weighted by molar-refractivity contribution is 5.81. The van der Waals surface area contributed by atoms with Gasteiger partial charge in [0.2, 0.25) is 0 Å². The van der Waals surface area contributed by atoms with E-state index >= 15 is 0 Å². The predicted molar refractivity (Wildman–Crippen MR) is 106 cm³/mol. The zero-order valence-corrected chi connectivity index (χ0v) is 18.3. The van der Waals surface area contributed by atoms with Crippen molar-refractivity contribution in [1.82, 2.24) is 4.90 Å². The number of amides is 1. The molecule has 1 saturated heterocycles. The molecular weight excluding hydrogens is 342 g/mol. The Morgan fingerprint density at radius 1 is 1.15 bits per heavy atom. The number of carbonyl (C=O) groups excluding carboxylic acids is 2. The Morgan fingerprint density at radius 3 is 2.26 bits per heavy atom. The number of carbonyl (C=O) groups is 2. The molecule has 27 heavy (non-hydrogen) atoms. The molecule has 0 aromatic heterocycles. The minimum Gasteiger partial charge on any atom is -0.444 e. The minimum absolute atomic E-state index is 0.0254. The molecule has 1 aliphatic carbocycles. The average Bonchev–Trinajstić information content (AvgIpc) is 2.76. The van der Waals surface area contributed by atoms with Gasteiger partial charge in [0.25, 0.3) is 0 Å². The van der Waals surface area contributed by atoms with Crippen molar-refractivity contribution < 1.29 is 19.1 Å². The lowest BCUT2D eigenvalue weighted by Crippen LogP contribution is -2.51. The van der Waals surface area contributed by atoms with E-state index in [0.29, 0.717) is 12.3 Å². The third-order valence-electron chi connectivity index (χ3n) is 5.72. The maximum Gasteiger partial charge on any atom is 0.412 e. The smallest absolute Gasteiger partial charge is 0.412 e. The van der Waals surface area contributed by atoms with Crippen LogP contribution in [0.25, 0.3) is 0 Å². The van der Waals surface area contributed by atoms with Crippen LogP contribution in [0.15, 0.2) is 0 Å². The molecule has 0 spiro atoms. The summed E-state index contributed by atoms with van der Waals surface area (Å²) >= 11 is 0. The van der Waals surface area contributed by atoms with Gasteiger partial charge in [0.05, 0.1) is 12.1 Å². The number of Topliss-reactive ketones (excluding diaryl/α,β-unsaturated/α-hetero) is 1. The number of rotatable bonds is 5. The lowest BCUT2D eigenvalue weighted by Gasteiger charge is -2.36. The molecule has 5 nitrogen and oxygen atoms in total. The molecule has 5 heteroatoms. The highest BCUT2D eigenvalue weighted by atomic mass is 16.6. The molecule has 2 rings (SSSR count). The normalized spacial score (nSPS) is 26.4. The molecule has 2 aliphatic rings. The van der Waals surface area contributed by atoms with E-state index in [9.17, 15) is 9.59 Å². The molecule has 0 aromatic rings. The second-order valence-corrected chi connectivity index (χ2v) is 10.1. The number of hydrogen-bond acceptors (Lipinski definition) is 4. The first-order chi connectivity index (χ1) is 12.4. The maximum atomic E-state index is 13.0. The predicted octanol–water partition coefficient (Wildman–Crippen LogP) is 5.31. The number of nitrogens with zero attached hydrogens (tertiary/aromatic N) is 1. The fraction of sp³-hybridized carbons (Fsp3) is 0.909. The molecule has 156 valence electrons. The van der Waals surface area contributed by atoms with Crippen LogP contribution in [0.2, 0.25) is 0 Å². The van der Waals surface area contributed by atoms with E-state index in [4.69, 9.17) is 9.47 Å². The molecule has 0 N–H and O–H groups in total. The van der Waals surface area contributed by atoms with Crippen molar-refractivity contribution in [2.45, 2.75) is 117 Å². The Labute approximate surface area is 165 Å². The Kier molecular flexibility index (Phi) is 6.99. The summed E-state index contributed by atoms with van der Waals surface area (Å²) < 4.78 is 12.0. The summed E-state index contributed by atoms with van der Waals surface area (Å²) in [6.45, 7) is 13.3. The topological polar surface area (TPSA) is 55.8 Å². The fourth-order valence-electron chi connectivity index (χ4n) is 4.37. The summed E-state index contributed by atoms with van der Waals surface area (Å²) in [7, 11) is 0. The number of ketones is 1. The van der Waals surface area contributed by atoms with Crippen molar-refractivity contribution in [2.75, 3.05) is 0 Å². The summed E-state index contributed by atoms with van der Waals surface area (Å²) in [5, 5.41) is 0. The van der Waals surface area contributed by atoms with Crippen molar-refractivity contribution >= 4 is 11.9 Å². The van der Waals surface area contributed by atoms with Crippen LogP contribution in [0.3, 0.4) is 0 Å². The average molecular weight is 382 g/mol. The second kappa shape index (κ2) is 8.50. The van der Waals surface area contributed by atoms with E-state index in [1.807, 2.05) is 48.5 Å². The highest BCUT2D eigenvalue weighted by Crippen LogP contribution is 2.40. The Bertz CT molecular complexity index is 529. The van der Waals surface area contributed by atoms with Gasteiger partial charge >= 0.3 is 6.09 Å². The standard InChI is InChI=1S/C22H39NO4/c1-15(2)18(24)14-19-17(13-16-11-9-8-10-12-16)23(22(6,7)26-19)20(25)27-21(3,4)5/h15-17,19H,8-14H2,1-7H3/t17-,19+/m0/s1. The third-order valence-corrected chi connectivity index (χ3v) is 5.72. The first kappa shape index (κ1) is 22.2. The van der Waals surface area contributed by atoms with Crippen LogP contribution in [-0.2, 0) is 14.3 Å². The van der Waals surface area contributed by atoms with E-state index in [0.717, 1.165) is 6.42 Å². The minimum atomic E-state index is -0.774. The maximum absolute atomic E-state index is 13.0. The molecule has 1 amide bonds. The SMILES string of the molecule is CC(C)C(=O)C[C@H]1OC(C)(C)N(C(=O)OC(C)(C)C)[C@H]1CC1CCCCC1. The first-order valence-corrected chi connectivity index (χ1v) is 10.6. The summed E-state index contributed by atoms with van der Waals surface area (Å²) in [5.74, 6) is 0.751. The lowest BCUT2D eigenvalue weighted by atomic mass is 9.82. The quantitative estimate of drug-likeness (QED) is 0.647. The van der Waals surface area contributed by atoms with Crippen molar-refractivity contribution in [2.24, 2.45) is 11.8 Å². The summed E-state index contributed by atoms with van der Waals surface area (Å²) in [5.41, 5.74) is -1.34. The fourth-order valence-corrected chi connectivity index (χ4v) is 4.37. The molecule has 2 fully saturated rings. The van der Waals surface area contributed by atoms with E-state index in [2.05, 4.69) is 0 Å². The van der Waals surface area contributed by atoms with E-state index in [1.165, 1.54) is 32.1 Å². The van der Waals surface area contributed by atoms with E-state index in [-0.39, 0.29) is 29.9 Å². The van der Waals surface area contributed by atoms with Gasteiger partial charge in [-0.25, -0.2) is 4.79 Å². The van der Waals surface area contributed by atoms with Crippen LogP contribution in [0.5, 0.6) is 0 Å². The van der Waals surface area contributed by atoms with Crippen molar-refractivity contribution in [1.29, 1.82) is 0 Å². The molecule has 1 aliphatic heterocycles. The monoisotopic (exact) mass is 381 g/mol. The van der Waals surface area contributed by atoms with Crippen molar-refractivity contribution in [3.8, 4) is 0 Å².